The number of aryl methyl sites for hydroxylation is 2. The van der Waals surface area contributed by atoms with Crippen LogP contribution >= 0.6 is 0 Å². The van der Waals surface area contributed by atoms with E-state index in [1.807, 2.05) is 42.7 Å². The molecule has 1 N–H and O–H groups in total. The Balaban J connectivity index is 1.93. The van der Waals surface area contributed by atoms with Gasteiger partial charge in [-0.2, -0.15) is 0 Å². The molecule has 1 aliphatic carbocycles. The topological polar surface area (TPSA) is 33.1 Å². The number of nitrogens with zero attached hydrogens (tertiary/aromatic N) is 1. The van der Waals surface area contributed by atoms with Crippen LogP contribution in [0.1, 0.15) is 27.8 Å². The molecule has 2 nitrogen and oxygen atoms in total. The Kier molecular flexibility index (Phi) is 3.41. The van der Waals surface area contributed by atoms with Gasteiger partial charge in [-0.3, -0.25) is 4.98 Å². The molecule has 0 atom stereocenters. The molecule has 1 aliphatic rings. The molecule has 4 aromatic rings. The minimum Gasteiger partial charge on any atom is -0.376 e. The third-order valence-corrected chi connectivity index (χ3v) is 5.54. The molecule has 0 amide bonds. The highest BCUT2D eigenvalue weighted by atomic mass is 16.3. The van der Waals surface area contributed by atoms with Crippen LogP contribution in [0.15, 0.2) is 85.2 Å². The lowest BCUT2D eigenvalue weighted by Gasteiger charge is -2.32. The molecule has 26 heavy (non-hydrogen) atoms. The second kappa shape index (κ2) is 5.79. The quantitative estimate of drug-likeness (QED) is 0.550. The number of aliphatic hydroxyl groups is 1. The van der Waals surface area contributed by atoms with Crippen LogP contribution in [0, 0.1) is 0 Å². The Labute approximate surface area is 152 Å². The number of aromatic nitrogens is 1. The zero-order chi connectivity index (χ0) is 17.6. The van der Waals surface area contributed by atoms with E-state index in [-0.39, 0.29) is 0 Å². The summed E-state index contributed by atoms with van der Waals surface area (Å²) in [5, 5.41) is 14.4. The number of pyridine rings is 1. The van der Waals surface area contributed by atoms with Crippen molar-refractivity contribution in [2.24, 2.45) is 0 Å². The van der Waals surface area contributed by atoms with Crippen molar-refractivity contribution in [3.05, 3.63) is 113 Å². The molecule has 1 aromatic heterocycles. The molecular formula is C24H19NO. The van der Waals surface area contributed by atoms with Crippen LogP contribution in [0.25, 0.3) is 10.8 Å². The first kappa shape index (κ1) is 15.3. The highest BCUT2D eigenvalue weighted by Crippen LogP contribution is 2.44. The number of hydrogen-bond acceptors (Lipinski definition) is 2. The van der Waals surface area contributed by atoms with Gasteiger partial charge < -0.3 is 5.11 Å². The fraction of sp³-hybridized carbons (Fsp3) is 0.125. The normalized spacial score (nSPS) is 15.1. The largest absolute Gasteiger partial charge is 0.376 e. The van der Waals surface area contributed by atoms with Gasteiger partial charge in [0, 0.05) is 23.3 Å². The Morgan fingerprint density at radius 2 is 1.23 bits per heavy atom. The molecule has 0 unspecified atom stereocenters. The Morgan fingerprint density at radius 1 is 0.654 bits per heavy atom. The molecule has 0 radical (unpaired) electrons. The first-order valence-corrected chi connectivity index (χ1v) is 9.01. The molecule has 1 heterocycles. The summed E-state index contributed by atoms with van der Waals surface area (Å²) in [5.41, 5.74) is 3.94. The van der Waals surface area contributed by atoms with Crippen molar-refractivity contribution in [2.45, 2.75) is 18.4 Å². The van der Waals surface area contributed by atoms with Crippen molar-refractivity contribution >= 4 is 10.8 Å². The maximum absolute atomic E-state index is 12.3. The Morgan fingerprint density at radius 3 is 1.92 bits per heavy atom. The molecule has 2 heteroatoms. The summed E-state index contributed by atoms with van der Waals surface area (Å²) in [6.45, 7) is 0. The lowest BCUT2D eigenvalue weighted by atomic mass is 9.77. The van der Waals surface area contributed by atoms with Crippen LogP contribution in [0.2, 0.25) is 0 Å². The average Bonchev–Trinajstić information content (AvgIpc) is 2.84. The maximum Gasteiger partial charge on any atom is 0.143 e. The number of benzene rings is 3. The minimum absolute atomic E-state index is 0.845. The molecule has 126 valence electrons. The summed E-state index contributed by atoms with van der Waals surface area (Å²) in [4.78, 5) is 4.45. The molecule has 0 spiro atoms. The second-order valence-electron chi connectivity index (χ2n) is 6.93. The van der Waals surface area contributed by atoms with Gasteiger partial charge in [0.15, 0.2) is 0 Å². The zero-order valence-corrected chi connectivity index (χ0v) is 14.4. The van der Waals surface area contributed by atoms with Crippen molar-refractivity contribution in [3.63, 3.8) is 0 Å². The monoisotopic (exact) mass is 337 g/mol. The molecule has 5 rings (SSSR count). The van der Waals surface area contributed by atoms with Gasteiger partial charge in [-0.05, 0) is 40.5 Å². The van der Waals surface area contributed by atoms with Crippen molar-refractivity contribution in [1.29, 1.82) is 0 Å². The van der Waals surface area contributed by atoms with Crippen LogP contribution in [-0.4, -0.2) is 10.1 Å². The van der Waals surface area contributed by atoms with Gasteiger partial charge in [-0.15, -0.1) is 0 Å². The van der Waals surface area contributed by atoms with Crippen LogP contribution in [0.4, 0.5) is 0 Å². The third kappa shape index (κ3) is 2.12. The maximum atomic E-state index is 12.3. The molecule has 0 aliphatic heterocycles. The van der Waals surface area contributed by atoms with E-state index < -0.39 is 5.60 Å². The standard InChI is InChI=1S/C24H19NO/c26-24(23-16-25-15-19-9-1-4-10-20(19)23)21-11-5-2-7-17(21)13-14-18-8-3-6-12-22(18)24/h1-12,15-16,26H,13-14H2. The first-order chi connectivity index (χ1) is 12.8. The second-order valence-corrected chi connectivity index (χ2v) is 6.93. The number of hydrogen-bond donors (Lipinski definition) is 1. The van der Waals surface area contributed by atoms with Gasteiger partial charge >= 0.3 is 0 Å². The third-order valence-electron chi connectivity index (χ3n) is 5.54. The van der Waals surface area contributed by atoms with Crippen LogP contribution in [0.3, 0.4) is 0 Å². The average molecular weight is 337 g/mol. The van der Waals surface area contributed by atoms with Gasteiger partial charge in [0.25, 0.3) is 0 Å². The van der Waals surface area contributed by atoms with Crippen LogP contribution in [-0.2, 0) is 18.4 Å². The minimum atomic E-state index is -1.21. The van der Waals surface area contributed by atoms with Crippen molar-refractivity contribution < 1.29 is 5.11 Å². The van der Waals surface area contributed by atoms with Gasteiger partial charge in [-0.25, -0.2) is 0 Å². The molecule has 0 bridgehead atoms. The molecule has 0 fully saturated rings. The van der Waals surface area contributed by atoms with Gasteiger partial charge in [0.2, 0.25) is 0 Å². The van der Waals surface area contributed by atoms with Gasteiger partial charge in [-0.1, -0.05) is 72.8 Å². The Hall–Kier alpha value is -2.97. The lowest BCUT2D eigenvalue weighted by molar-refractivity contribution is 0.126. The van der Waals surface area contributed by atoms with Gasteiger partial charge in [0.05, 0.1) is 0 Å². The van der Waals surface area contributed by atoms with Crippen LogP contribution in [0.5, 0.6) is 0 Å². The van der Waals surface area contributed by atoms with Crippen LogP contribution < -0.4 is 0 Å². The van der Waals surface area contributed by atoms with E-state index in [0.29, 0.717) is 0 Å². The van der Waals surface area contributed by atoms with Gasteiger partial charge in [0.1, 0.15) is 5.60 Å². The van der Waals surface area contributed by atoms with E-state index in [1.54, 1.807) is 0 Å². The van der Waals surface area contributed by atoms with E-state index in [1.165, 1.54) is 11.1 Å². The fourth-order valence-corrected chi connectivity index (χ4v) is 4.29. The van der Waals surface area contributed by atoms with Crippen molar-refractivity contribution in [3.8, 4) is 0 Å². The number of rotatable bonds is 1. The lowest BCUT2D eigenvalue weighted by Crippen LogP contribution is -2.30. The highest BCUT2D eigenvalue weighted by molar-refractivity contribution is 5.87. The van der Waals surface area contributed by atoms with E-state index in [4.69, 9.17) is 0 Å². The zero-order valence-electron chi connectivity index (χ0n) is 14.4. The summed E-state index contributed by atoms with van der Waals surface area (Å²) >= 11 is 0. The van der Waals surface area contributed by atoms with E-state index in [0.717, 1.165) is 40.3 Å². The predicted molar refractivity (Wildman–Crippen MR) is 104 cm³/mol. The summed E-state index contributed by atoms with van der Waals surface area (Å²) in [6, 6.07) is 24.6. The highest BCUT2D eigenvalue weighted by Gasteiger charge is 2.40. The van der Waals surface area contributed by atoms with Crippen molar-refractivity contribution in [2.75, 3.05) is 0 Å². The smallest absolute Gasteiger partial charge is 0.143 e. The first-order valence-electron chi connectivity index (χ1n) is 9.01. The molecule has 3 aromatic carbocycles. The van der Waals surface area contributed by atoms with Crippen molar-refractivity contribution in [1.82, 2.24) is 4.98 Å². The molecule has 0 saturated carbocycles. The summed E-state index contributed by atoms with van der Waals surface area (Å²) in [5.74, 6) is 0. The molecule has 0 saturated heterocycles. The predicted octanol–water partition coefficient (Wildman–Crippen LogP) is 4.62. The number of fused-ring (bicyclic) bond motifs is 3. The van der Waals surface area contributed by atoms with E-state index in [2.05, 4.69) is 47.4 Å². The fourth-order valence-electron chi connectivity index (χ4n) is 4.29. The summed E-state index contributed by atoms with van der Waals surface area (Å²) in [6.07, 6.45) is 5.53. The van der Waals surface area contributed by atoms with E-state index >= 15 is 0 Å². The van der Waals surface area contributed by atoms with E-state index in [9.17, 15) is 5.11 Å². The summed E-state index contributed by atoms with van der Waals surface area (Å²) in [7, 11) is 0. The summed E-state index contributed by atoms with van der Waals surface area (Å²) < 4.78 is 0. The SMILES string of the molecule is OC1(c2cncc3ccccc23)c2ccccc2CCc2ccccc21. The Bertz CT molecular complexity index is 1060. The molecular weight excluding hydrogens is 318 g/mol.